The number of carbonyl (C=O) groups is 2. The highest BCUT2D eigenvalue weighted by atomic mass is 19.1. The highest BCUT2D eigenvalue weighted by Gasteiger charge is 2.21. The predicted octanol–water partition coefficient (Wildman–Crippen LogP) is 2.32. The van der Waals surface area contributed by atoms with Gasteiger partial charge in [-0.25, -0.2) is 4.39 Å². The molecular formula is C14H18FNO3. The number of halogens is 1. The van der Waals surface area contributed by atoms with Crippen LogP contribution in [0.5, 0.6) is 5.75 Å². The fourth-order valence-electron chi connectivity index (χ4n) is 1.40. The van der Waals surface area contributed by atoms with Gasteiger partial charge in [-0.1, -0.05) is 0 Å². The Morgan fingerprint density at radius 3 is 2.53 bits per heavy atom. The van der Waals surface area contributed by atoms with Crippen LogP contribution >= 0.6 is 0 Å². The van der Waals surface area contributed by atoms with Gasteiger partial charge in [-0.15, -0.1) is 0 Å². The summed E-state index contributed by atoms with van der Waals surface area (Å²) >= 11 is 0. The monoisotopic (exact) mass is 267 g/mol. The number of benzene rings is 1. The fourth-order valence-corrected chi connectivity index (χ4v) is 1.40. The SMILES string of the molecule is CC(Oc1ccc(C=O)cc1F)C(=O)NC(C)(C)C. The smallest absolute Gasteiger partial charge is 0.261 e. The standard InChI is InChI=1S/C14H18FNO3/c1-9(13(18)16-14(2,3)4)19-12-6-5-10(8-17)7-11(12)15/h5-9H,1-4H3,(H,16,18). The molecule has 4 nitrogen and oxygen atoms in total. The molecule has 0 aliphatic rings. The van der Waals surface area contributed by atoms with Crippen molar-refractivity contribution in [3.8, 4) is 5.75 Å². The third-order valence-electron chi connectivity index (χ3n) is 2.26. The zero-order valence-electron chi connectivity index (χ0n) is 11.5. The van der Waals surface area contributed by atoms with Gasteiger partial charge in [-0.3, -0.25) is 9.59 Å². The number of ether oxygens (including phenoxy) is 1. The van der Waals surface area contributed by atoms with Crippen molar-refractivity contribution in [1.82, 2.24) is 5.32 Å². The van der Waals surface area contributed by atoms with Gasteiger partial charge < -0.3 is 10.1 Å². The normalized spacial score (nSPS) is 12.7. The van der Waals surface area contributed by atoms with E-state index in [1.165, 1.54) is 19.1 Å². The topological polar surface area (TPSA) is 55.4 Å². The third kappa shape index (κ3) is 4.69. The molecule has 1 aromatic rings. The molecule has 0 saturated carbocycles. The second-order valence-electron chi connectivity index (χ2n) is 5.31. The maximum atomic E-state index is 13.6. The van der Waals surface area contributed by atoms with Crippen molar-refractivity contribution < 1.29 is 18.7 Å². The van der Waals surface area contributed by atoms with Crippen LogP contribution in [0.2, 0.25) is 0 Å². The molecule has 0 radical (unpaired) electrons. The first-order chi connectivity index (χ1) is 8.73. The minimum absolute atomic E-state index is 0.0536. The number of aldehydes is 1. The van der Waals surface area contributed by atoms with Gasteiger partial charge in [0.05, 0.1) is 0 Å². The fraction of sp³-hybridized carbons (Fsp3) is 0.429. The second-order valence-corrected chi connectivity index (χ2v) is 5.31. The number of hydrogen-bond acceptors (Lipinski definition) is 3. The molecule has 104 valence electrons. The van der Waals surface area contributed by atoms with Crippen LogP contribution < -0.4 is 10.1 Å². The van der Waals surface area contributed by atoms with Gasteiger partial charge in [0.25, 0.3) is 5.91 Å². The molecule has 1 rings (SSSR count). The lowest BCUT2D eigenvalue weighted by Crippen LogP contribution is -2.46. The lowest BCUT2D eigenvalue weighted by molar-refractivity contribution is -0.128. The van der Waals surface area contributed by atoms with Gasteiger partial charge in [0.15, 0.2) is 17.7 Å². The van der Waals surface area contributed by atoms with E-state index in [0.29, 0.717) is 6.29 Å². The van der Waals surface area contributed by atoms with Crippen LogP contribution in [0.25, 0.3) is 0 Å². The van der Waals surface area contributed by atoms with Gasteiger partial charge in [0.2, 0.25) is 0 Å². The average Bonchev–Trinajstić information content (AvgIpc) is 2.29. The number of carbonyl (C=O) groups excluding carboxylic acids is 2. The minimum atomic E-state index is -0.823. The quantitative estimate of drug-likeness (QED) is 0.852. The van der Waals surface area contributed by atoms with Crippen molar-refractivity contribution in [2.45, 2.75) is 39.3 Å². The number of nitrogens with one attached hydrogen (secondary N) is 1. The molecule has 0 fully saturated rings. The maximum Gasteiger partial charge on any atom is 0.261 e. The summed E-state index contributed by atoms with van der Waals surface area (Å²) in [5.74, 6) is -1.05. The summed E-state index contributed by atoms with van der Waals surface area (Å²) in [6.07, 6.45) is -0.279. The van der Waals surface area contributed by atoms with E-state index in [1.807, 2.05) is 20.8 Å². The Bertz CT molecular complexity index is 480. The Balaban J connectivity index is 2.74. The van der Waals surface area contributed by atoms with E-state index in [4.69, 9.17) is 4.74 Å². The van der Waals surface area contributed by atoms with E-state index < -0.39 is 11.9 Å². The molecule has 0 bridgehead atoms. The van der Waals surface area contributed by atoms with Crippen LogP contribution in [0.1, 0.15) is 38.1 Å². The van der Waals surface area contributed by atoms with Crippen molar-refractivity contribution in [2.75, 3.05) is 0 Å². The van der Waals surface area contributed by atoms with Crippen LogP contribution in [-0.2, 0) is 4.79 Å². The van der Waals surface area contributed by atoms with Gasteiger partial charge in [0.1, 0.15) is 6.29 Å². The van der Waals surface area contributed by atoms with Crippen LogP contribution in [0.4, 0.5) is 4.39 Å². The van der Waals surface area contributed by atoms with Crippen LogP contribution in [0.15, 0.2) is 18.2 Å². The summed E-state index contributed by atoms with van der Waals surface area (Å²) in [6, 6.07) is 3.83. The third-order valence-corrected chi connectivity index (χ3v) is 2.26. The molecule has 0 aliphatic heterocycles. The van der Waals surface area contributed by atoms with Crippen LogP contribution in [0, 0.1) is 5.82 Å². The van der Waals surface area contributed by atoms with Gasteiger partial charge >= 0.3 is 0 Å². The van der Waals surface area contributed by atoms with Gasteiger partial charge in [-0.05, 0) is 45.9 Å². The first-order valence-electron chi connectivity index (χ1n) is 5.96. The Morgan fingerprint density at radius 2 is 2.05 bits per heavy atom. The second kappa shape index (κ2) is 5.82. The summed E-state index contributed by atoms with van der Waals surface area (Å²) in [5, 5.41) is 2.74. The average molecular weight is 267 g/mol. The van der Waals surface area contributed by atoms with Crippen LogP contribution in [0.3, 0.4) is 0 Å². The summed E-state index contributed by atoms with van der Waals surface area (Å²) in [5.41, 5.74) is -0.161. The van der Waals surface area contributed by atoms with E-state index in [1.54, 1.807) is 0 Å². The predicted molar refractivity (Wildman–Crippen MR) is 69.8 cm³/mol. The number of rotatable bonds is 4. The first kappa shape index (κ1) is 15.1. The van der Waals surface area contributed by atoms with Crippen molar-refractivity contribution in [2.24, 2.45) is 0 Å². The Labute approximate surface area is 112 Å². The highest BCUT2D eigenvalue weighted by Crippen LogP contribution is 2.19. The molecular weight excluding hydrogens is 249 g/mol. The van der Waals surface area contributed by atoms with Crippen LogP contribution in [-0.4, -0.2) is 23.8 Å². The molecule has 0 saturated heterocycles. The van der Waals surface area contributed by atoms with E-state index in [2.05, 4.69) is 5.32 Å². The summed E-state index contributed by atoms with van der Waals surface area (Å²) < 4.78 is 18.8. The van der Waals surface area contributed by atoms with Crippen molar-refractivity contribution in [1.29, 1.82) is 0 Å². The molecule has 0 spiro atoms. The Kier molecular flexibility index (Phi) is 4.64. The maximum absolute atomic E-state index is 13.6. The minimum Gasteiger partial charge on any atom is -0.478 e. The van der Waals surface area contributed by atoms with Gasteiger partial charge in [-0.2, -0.15) is 0 Å². The Hall–Kier alpha value is -1.91. The molecule has 0 aromatic heterocycles. The molecule has 0 heterocycles. The molecule has 1 N–H and O–H groups in total. The van der Waals surface area contributed by atoms with Gasteiger partial charge in [0, 0.05) is 11.1 Å². The molecule has 19 heavy (non-hydrogen) atoms. The molecule has 5 heteroatoms. The van der Waals surface area contributed by atoms with Crippen molar-refractivity contribution in [3.63, 3.8) is 0 Å². The summed E-state index contributed by atoms with van der Waals surface area (Å²) in [4.78, 5) is 22.3. The van der Waals surface area contributed by atoms with E-state index in [-0.39, 0.29) is 22.8 Å². The molecule has 1 atom stereocenters. The molecule has 1 aromatic carbocycles. The van der Waals surface area contributed by atoms with Crippen molar-refractivity contribution in [3.05, 3.63) is 29.6 Å². The zero-order chi connectivity index (χ0) is 14.6. The molecule has 0 aliphatic carbocycles. The summed E-state index contributed by atoms with van der Waals surface area (Å²) in [7, 11) is 0. The lowest BCUT2D eigenvalue weighted by Gasteiger charge is -2.23. The zero-order valence-corrected chi connectivity index (χ0v) is 11.5. The largest absolute Gasteiger partial charge is 0.478 e. The molecule has 1 unspecified atom stereocenters. The van der Waals surface area contributed by atoms with E-state index in [9.17, 15) is 14.0 Å². The Morgan fingerprint density at radius 1 is 1.42 bits per heavy atom. The van der Waals surface area contributed by atoms with E-state index >= 15 is 0 Å². The summed E-state index contributed by atoms with van der Waals surface area (Å²) in [6.45, 7) is 7.07. The van der Waals surface area contributed by atoms with Crippen molar-refractivity contribution >= 4 is 12.2 Å². The first-order valence-corrected chi connectivity index (χ1v) is 5.96. The lowest BCUT2D eigenvalue weighted by atomic mass is 10.1. The number of hydrogen-bond donors (Lipinski definition) is 1. The number of amides is 1. The molecule has 1 amide bonds. The van der Waals surface area contributed by atoms with E-state index in [0.717, 1.165) is 6.07 Å². The highest BCUT2D eigenvalue weighted by molar-refractivity contribution is 5.81.